The Morgan fingerprint density at radius 1 is 1.26 bits per heavy atom. The van der Waals surface area contributed by atoms with Gasteiger partial charge in [-0.25, -0.2) is 0 Å². The van der Waals surface area contributed by atoms with E-state index >= 15 is 0 Å². The van der Waals surface area contributed by atoms with Crippen molar-refractivity contribution in [1.82, 2.24) is 14.8 Å². The highest BCUT2D eigenvalue weighted by Crippen LogP contribution is 2.28. The number of carbonyl (C=O) groups excluding carboxylic acids is 1. The number of nitrogens with one attached hydrogen (secondary N) is 1. The van der Waals surface area contributed by atoms with Crippen molar-refractivity contribution >= 4 is 28.4 Å². The maximum atomic E-state index is 12.7. The molecule has 3 rings (SSSR count). The van der Waals surface area contributed by atoms with Crippen molar-refractivity contribution in [2.75, 3.05) is 27.7 Å². The summed E-state index contributed by atoms with van der Waals surface area (Å²) in [6.07, 6.45) is 2.13. The van der Waals surface area contributed by atoms with Crippen molar-refractivity contribution in [3.8, 4) is 5.75 Å². The number of amides is 1. The van der Waals surface area contributed by atoms with Crippen molar-refractivity contribution in [2.45, 2.75) is 6.04 Å². The molecule has 2 aromatic carbocycles. The lowest BCUT2D eigenvalue weighted by atomic mass is 10.0. The Labute approximate surface area is 164 Å². The molecular weight excluding hydrogens is 362 g/mol. The monoisotopic (exact) mass is 385 g/mol. The fraction of sp³-hybridized carbons (Fsp3) is 0.286. The van der Waals surface area contributed by atoms with Gasteiger partial charge in [0.15, 0.2) is 0 Å². The van der Waals surface area contributed by atoms with Crippen molar-refractivity contribution in [3.05, 3.63) is 64.8 Å². The standard InChI is InChI=1S/C21H24ClN3O2/c1-24(2)19(17-13-25(3)18-8-6-5-7-15(17)18)12-23-21(26)16-11-14(22)9-10-20(16)27-4/h5-11,13,19H,12H2,1-4H3,(H,23,26)/t19-/m0/s1. The van der Waals surface area contributed by atoms with Crippen molar-refractivity contribution in [2.24, 2.45) is 7.05 Å². The van der Waals surface area contributed by atoms with Gasteiger partial charge in [-0.15, -0.1) is 0 Å². The Morgan fingerprint density at radius 2 is 2.00 bits per heavy atom. The second-order valence-electron chi connectivity index (χ2n) is 6.75. The lowest BCUT2D eigenvalue weighted by Crippen LogP contribution is -2.34. The molecule has 6 heteroatoms. The molecule has 1 atom stereocenters. The molecule has 27 heavy (non-hydrogen) atoms. The zero-order chi connectivity index (χ0) is 19.6. The van der Waals surface area contributed by atoms with Crippen LogP contribution in [-0.2, 0) is 7.05 Å². The first-order chi connectivity index (χ1) is 12.9. The summed E-state index contributed by atoms with van der Waals surface area (Å²) in [4.78, 5) is 14.8. The lowest BCUT2D eigenvalue weighted by molar-refractivity contribution is 0.0939. The average molecular weight is 386 g/mol. The normalized spacial score (nSPS) is 12.4. The molecule has 3 aromatic rings. The largest absolute Gasteiger partial charge is 0.496 e. The van der Waals surface area contributed by atoms with Crippen LogP contribution in [-0.4, -0.2) is 43.1 Å². The van der Waals surface area contributed by atoms with Crippen molar-refractivity contribution in [3.63, 3.8) is 0 Å². The van der Waals surface area contributed by atoms with Crippen LogP contribution in [0.5, 0.6) is 5.75 Å². The number of carbonyl (C=O) groups is 1. The number of para-hydroxylation sites is 1. The molecule has 5 nitrogen and oxygen atoms in total. The molecule has 0 aliphatic carbocycles. The van der Waals surface area contributed by atoms with Crippen LogP contribution in [0.2, 0.25) is 5.02 Å². The second-order valence-corrected chi connectivity index (χ2v) is 7.18. The summed E-state index contributed by atoms with van der Waals surface area (Å²) < 4.78 is 7.40. The summed E-state index contributed by atoms with van der Waals surface area (Å²) in [6.45, 7) is 0.468. The molecule has 0 saturated heterocycles. The Kier molecular flexibility index (Phi) is 5.73. The van der Waals surface area contributed by atoms with Gasteiger partial charge in [-0.2, -0.15) is 0 Å². The number of hydrogen-bond acceptors (Lipinski definition) is 3. The minimum Gasteiger partial charge on any atom is -0.496 e. The van der Waals surface area contributed by atoms with E-state index in [0.29, 0.717) is 22.9 Å². The van der Waals surface area contributed by atoms with Gasteiger partial charge in [-0.1, -0.05) is 29.8 Å². The summed E-state index contributed by atoms with van der Waals surface area (Å²) in [5.41, 5.74) is 2.78. The highest BCUT2D eigenvalue weighted by molar-refractivity contribution is 6.31. The topological polar surface area (TPSA) is 46.5 Å². The van der Waals surface area contributed by atoms with Gasteiger partial charge in [-0.05, 0) is 43.9 Å². The molecule has 142 valence electrons. The number of aryl methyl sites for hydroxylation is 1. The number of benzene rings is 2. The molecule has 0 bridgehead atoms. The van der Waals surface area contributed by atoms with Gasteiger partial charge in [0.1, 0.15) is 5.75 Å². The van der Waals surface area contributed by atoms with E-state index in [9.17, 15) is 4.79 Å². The Bertz CT molecular complexity index is 965. The molecule has 0 spiro atoms. The van der Waals surface area contributed by atoms with Gasteiger partial charge in [-0.3, -0.25) is 4.79 Å². The molecule has 1 heterocycles. The van der Waals surface area contributed by atoms with Gasteiger partial charge in [0.25, 0.3) is 5.91 Å². The first-order valence-electron chi connectivity index (χ1n) is 8.74. The van der Waals surface area contributed by atoms with Crippen LogP contribution in [0.4, 0.5) is 0 Å². The van der Waals surface area contributed by atoms with E-state index in [1.165, 1.54) is 16.5 Å². The number of likely N-dealkylation sites (N-methyl/N-ethyl adjacent to an activating group) is 1. The van der Waals surface area contributed by atoms with Gasteiger partial charge < -0.3 is 19.5 Å². The third-order valence-corrected chi connectivity index (χ3v) is 5.01. The van der Waals surface area contributed by atoms with E-state index in [1.807, 2.05) is 33.3 Å². The molecule has 0 aliphatic heterocycles. The summed E-state index contributed by atoms with van der Waals surface area (Å²) in [5, 5.41) is 4.71. The van der Waals surface area contributed by atoms with Crippen molar-refractivity contribution < 1.29 is 9.53 Å². The maximum Gasteiger partial charge on any atom is 0.255 e. The number of nitrogens with zero attached hydrogens (tertiary/aromatic N) is 2. The SMILES string of the molecule is COc1ccc(Cl)cc1C(=O)NC[C@@H](c1cn(C)c2ccccc12)N(C)C. The van der Waals surface area contributed by atoms with Crippen LogP contribution < -0.4 is 10.1 Å². The number of fused-ring (bicyclic) bond motifs is 1. The molecular formula is C21H24ClN3O2. The minimum atomic E-state index is -0.207. The maximum absolute atomic E-state index is 12.7. The number of hydrogen-bond donors (Lipinski definition) is 1. The number of halogens is 1. The summed E-state index contributed by atoms with van der Waals surface area (Å²) in [5.74, 6) is 0.296. The Hall–Kier alpha value is -2.50. The summed E-state index contributed by atoms with van der Waals surface area (Å²) in [7, 11) is 7.60. The molecule has 0 saturated carbocycles. The van der Waals surface area contributed by atoms with Gasteiger partial charge in [0.2, 0.25) is 0 Å². The van der Waals surface area contributed by atoms with E-state index in [2.05, 4.69) is 33.1 Å². The quantitative estimate of drug-likeness (QED) is 0.700. The van der Waals surface area contributed by atoms with Gasteiger partial charge in [0.05, 0.1) is 18.7 Å². The molecule has 1 aromatic heterocycles. The zero-order valence-corrected chi connectivity index (χ0v) is 16.7. The highest BCUT2D eigenvalue weighted by Gasteiger charge is 2.21. The Morgan fingerprint density at radius 3 is 2.70 bits per heavy atom. The first-order valence-corrected chi connectivity index (χ1v) is 9.12. The molecule has 0 unspecified atom stereocenters. The van der Waals surface area contributed by atoms with Crippen LogP contribution in [0.1, 0.15) is 22.0 Å². The van der Waals surface area contributed by atoms with Crippen LogP contribution in [0.3, 0.4) is 0 Å². The molecule has 1 N–H and O–H groups in total. The molecule has 0 fully saturated rings. The predicted molar refractivity (Wildman–Crippen MR) is 110 cm³/mol. The van der Waals surface area contributed by atoms with Gasteiger partial charge in [0, 0.05) is 35.7 Å². The summed E-state index contributed by atoms with van der Waals surface area (Å²) in [6, 6.07) is 13.3. The minimum absolute atomic E-state index is 0.0326. The van der Waals surface area contributed by atoms with E-state index in [0.717, 1.165) is 0 Å². The van der Waals surface area contributed by atoms with Gasteiger partial charge >= 0.3 is 0 Å². The average Bonchev–Trinajstić information content (AvgIpc) is 2.98. The number of methoxy groups -OCH3 is 1. The van der Waals surface area contributed by atoms with Crippen LogP contribution in [0.25, 0.3) is 10.9 Å². The highest BCUT2D eigenvalue weighted by atomic mass is 35.5. The number of ether oxygens (including phenoxy) is 1. The van der Waals surface area contributed by atoms with E-state index in [-0.39, 0.29) is 11.9 Å². The van der Waals surface area contributed by atoms with Crippen LogP contribution >= 0.6 is 11.6 Å². The third-order valence-electron chi connectivity index (χ3n) is 4.77. The van der Waals surface area contributed by atoms with Crippen LogP contribution in [0.15, 0.2) is 48.7 Å². The molecule has 0 radical (unpaired) electrons. The van der Waals surface area contributed by atoms with Crippen LogP contribution in [0, 0.1) is 0 Å². The second kappa shape index (κ2) is 8.03. The lowest BCUT2D eigenvalue weighted by Gasteiger charge is -2.24. The predicted octanol–water partition coefficient (Wildman–Crippen LogP) is 3.87. The van der Waals surface area contributed by atoms with Crippen molar-refractivity contribution in [1.29, 1.82) is 0 Å². The van der Waals surface area contributed by atoms with E-state index in [1.54, 1.807) is 25.3 Å². The molecule has 0 aliphatic rings. The zero-order valence-electron chi connectivity index (χ0n) is 16.0. The fourth-order valence-corrected chi connectivity index (χ4v) is 3.52. The van der Waals surface area contributed by atoms with E-state index < -0.39 is 0 Å². The third kappa shape index (κ3) is 3.94. The molecule has 1 amide bonds. The fourth-order valence-electron chi connectivity index (χ4n) is 3.35. The smallest absolute Gasteiger partial charge is 0.255 e. The van der Waals surface area contributed by atoms with E-state index in [4.69, 9.17) is 16.3 Å². The number of aromatic nitrogens is 1. The first kappa shape index (κ1) is 19.3. The summed E-state index contributed by atoms with van der Waals surface area (Å²) >= 11 is 6.05. The Balaban J connectivity index is 1.86. The number of rotatable bonds is 6.